The average molecular weight is 260 g/mol. The molecule has 0 aromatic heterocycles. The predicted octanol–water partition coefficient (Wildman–Crippen LogP) is 1.59. The van der Waals surface area contributed by atoms with Crippen LogP contribution in [0.25, 0.3) is 0 Å². The van der Waals surface area contributed by atoms with Gasteiger partial charge in [-0.05, 0) is 50.4 Å². The van der Waals surface area contributed by atoms with E-state index in [1.54, 1.807) is 0 Å². The molecule has 0 radical (unpaired) electrons. The van der Waals surface area contributed by atoms with Crippen molar-refractivity contribution in [3.8, 4) is 0 Å². The van der Waals surface area contributed by atoms with Crippen LogP contribution >= 0.6 is 0 Å². The lowest BCUT2D eigenvalue weighted by Gasteiger charge is -2.36. The van der Waals surface area contributed by atoms with E-state index in [2.05, 4.69) is 40.5 Å². The number of nitrogens with one attached hydrogen (secondary N) is 1. The van der Waals surface area contributed by atoms with Crippen LogP contribution in [-0.4, -0.2) is 48.3 Å². The maximum Gasteiger partial charge on any atom is 0.0798 e. The van der Waals surface area contributed by atoms with Crippen LogP contribution in [0.1, 0.15) is 30.7 Å². The Hall–Kier alpha value is -0.900. The molecular weight excluding hydrogens is 236 g/mol. The Morgan fingerprint density at radius 2 is 1.95 bits per heavy atom. The number of nitrogens with zero attached hydrogens (tertiary/aromatic N) is 1. The zero-order chi connectivity index (χ0) is 13.1. The van der Waals surface area contributed by atoms with Gasteiger partial charge in [0.1, 0.15) is 0 Å². The molecular formula is C16H24N2O. The fraction of sp³-hybridized carbons (Fsp3) is 0.625. The molecule has 2 N–H and O–H groups in total. The Morgan fingerprint density at radius 1 is 1.21 bits per heavy atom. The molecule has 1 unspecified atom stereocenters. The van der Waals surface area contributed by atoms with Crippen molar-refractivity contribution < 1.29 is 5.11 Å². The monoisotopic (exact) mass is 260 g/mol. The van der Waals surface area contributed by atoms with Crippen LogP contribution < -0.4 is 5.32 Å². The molecule has 3 heteroatoms. The van der Waals surface area contributed by atoms with E-state index in [4.69, 9.17) is 0 Å². The highest BCUT2D eigenvalue weighted by molar-refractivity contribution is 5.21. The first kappa shape index (κ1) is 13.1. The van der Waals surface area contributed by atoms with Crippen LogP contribution in [0.15, 0.2) is 30.3 Å². The topological polar surface area (TPSA) is 35.5 Å². The summed E-state index contributed by atoms with van der Waals surface area (Å²) in [4.78, 5) is 2.45. The lowest BCUT2D eigenvalue weighted by molar-refractivity contribution is -0.0161. The molecule has 2 aliphatic rings. The number of benzene rings is 1. The van der Waals surface area contributed by atoms with E-state index in [1.807, 2.05) is 0 Å². The number of hydrogen-bond acceptors (Lipinski definition) is 3. The van der Waals surface area contributed by atoms with Crippen molar-refractivity contribution in [2.75, 3.05) is 32.7 Å². The van der Waals surface area contributed by atoms with Crippen molar-refractivity contribution >= 4 is 0 Å². The van der Waals surface area contributed by atoms with Crippen molar-refractivity contribution in [2.45, 2.75) is 30.8 Å². The summed E-state index contributed by atoms with van der Waals surface area (Å²) in [6.45, 7) is 4.96. The lowest BCUT2D eigenvalue weighted by Crippen LogP contribution is -2.49. The van der Waals surface area contributed by atoms with Crippen molar-refractivity contribution in [1.29, 1.82) is 0 Å². The quantitative estimate of drug-likeness (QED) is 0.866. The molecule has 0 spiro atoms. The number of piperidine rings is 1. The smallest absolute Gasteiger partial charge is 0.0798 e. The predicted molar refractivity (Wildman–Crippen MR) is 77.3 cm³/mol. The van der Waals surface area contributed by atoms with Gasteiger partial charge in [0.25, 0.3) is 0 Å². The Balaban J connectivity index is 1.57. The van der Waals surface area contributed by atoms with Gasteiger partial charge in [-0.2, -0.15) is 0 Å². The van der Waals surface area contributed by atoms with Gasteiger partial charge in [0.2, 0.25) is 0 Å². The average Bonchev–Trinajstić information content (AvgIpc) is 2.88. The van der Waals surface area contributed by atoms with Gasteiger partial charge >= 0.3 is 0 Å². The molecule has 0 bridgehead atoms. The highest BCUT2D eigenvalue weighted by atomic mass is 16.3. The zero-order valence-electron chi connectivity index (χ0n) is 11.5. The summed E-state index contributed by atoms with van der Waals surface area (Å²) in [5, 5.41) is 13.9. The minimum atomic E-state index is -0.461. The fourth-order valence-corrected chi connectivity index (χ4v) is 3.44. The second-order valence-corrected chi connectivity index (χ2v) is 6.11. The van der Waals surface area contributed by atoms with Gasteiger partial charge in [-0.3, -0.25) is 4.90 Å². The first-order valence-corrected chi connectivity index (χ1v) is 7.46. The van der Waals surface area contributed by atoms with Gasteiger partial charge in [-0.25, -0.2) is 0 Å². The zero-order valence-corrected chi connectivity index (χ0v) is 11.5. The first-order chi connectivity index (χ1) is 9.25. The number of hydrogen-bond donors (Lipinski definition) is 2. The van der Waals surface area contributed by atoms with Crippen molar-refractivity contribution in [2.24, 2.45) is 0 Å². The summed E-state index contributed by atoms with van der Waals surface area (Å²) >= 11 is 0. The number of β-amino-alcohol motifs (C(OH)–C–C–N with tert-alkyl or cyclic N) is 1. The molecule has 19 heavy (non-hydrogen) atoms. The van der Waals surface area contributed by atoms with Crippen LogP contribution in [0.5, 0.6) is 0 Å². The highest BCUT2D eigenvalue weighted by Gasteiger charge is 2.34. The third kappa shape index (κ3) is 3.16. The van der Waals surface area contributed by atoms with Crippen LogP contribution in [0.4, 0.5) is 0 Å². The van der Waals surface area contributed by atoms with E-state index in [0.717, 1.165) is 45.6 Å². The van der Waals surface area contributed by atoms with E-state index in [-0.39, 0.29) is 0 Å². The molecule has 2 fully saturated rings. The molecule has 1 aromatic rings. The van der Waals surface area contributed by atoms with Crippen LogP contribution in [0.3, 0.4) is 0 Å². The summed E-state index contributed by atoms with van der Waals surface area (Å²) in [6, 6.07) is 10.8. The Labute approximate surface area is 115 Å². The van der Waals surface area contributed by atoms with Gasteiger partial charge in [0.05, 0.1) is 5.60 Å². The molecule has 0 aliphatic carbocycles. The second kappa shape index (κ2) is 5.61. The molecule has 2 aliphatic heterocycles. The summed E-state index contributed by atoms with van der Waals surface area (Å²) in [7, 11) is 0. The van der Waals surface area contributed by atoms with Crippen molar-refractivity contribution in [3.05, 3.63) is 35.9 Å². The van der Waals surface area contributed by atoms with Crippen LogP contribution in [0.2, 0.25) is 0 Å². The van der Waals surface area contributed by atoms with Crippen LogP contribution in [0, 0.1) is 0 Å². The van der Waals surface area contributed by atoms with Gasteiger partial charge in [-0.1, -0.05) is 30.3 Å². The third-order valence-corrected chi connectivity index (χ3v) is 4.60. The summed E-state index contributed by atoms with van der Waals surface area (Å²) in [6.07, 6.45) is 3.00. The Kier molecular flexibility index (Phi) is 3.87. The van der Waals surface area contributed by atoms with Gasteiger partial charge in [-0.15, -0.1) is 0 Å². The van der Waals surface area contributed by atoms with E-state index in [1.165, 1.54) is 12.0 Å². The van der Waals surface area contributed by atoms with Crippen molar-refractivity contribution in [3.63, 3.8) is 0 Å². The molecule has 3 rings (SSSR count). The Morgan fingerprint density at radius 3 is 2.68 bits per heavy atom. The number of aliphatic hydroxyl groups is 1. The summed E-state index contributed by atoms with van der Waals surface area (Å²) in [5.41, 5.74) is 0.985. The molecule has 1 atom stereocenters. The van der Waals surface area contributed by atoms with Crippen LogP contribution in [-0.2, 0) is 0 Å². The summed E-state index contributed by atoms with van der Waals surface area (Å²) < 4.78 is 0. The largest absolute Gasteiger partial charge is 0.388 e. The standard InChI is InChI=1S/C16H24N2O/c19-16(7-9-17-10-8-16)13-18-11-6-15(12-18)14-4-2-1-3-5-14/h1-5,15,17,19H,6-13H2. The maximum absolute atomic E-state index is 10.6. The SMILES string of the molecule is OC1(CN2CCC(c3ccccc3)C2)CCNCC1. The molecule has 1 aromatic carbocycles. The normalized spacial score (nSPS) is 27.5. The molecule has 0 saturated carbocycles. The molecule has 2 heterocycles. The van der Waals surface area contributed by atoms with Gasteiger partial charge in [0, 0.05) is 13.1 Å². The van der Waals surface area contributed by atoms with Gasteiger partial charge < -0.3 is 10.4 Å². The molecule has 0 amide bonds. The lowest BCUT2D eigenvalue weighted by atomic mass is 9.92. The number of rotatable bonds is 3. The van der Waals surface area contributed by atoms with Gasteiger partial charge in [0.15, 0.2) is 0 Å². The minimum absolute atomic E-state index is 0.461. The van der Waals surface area contributed by atoms with E-state index in [0.29, 0.717) is 5.92 Å². The third-order valence-electron chi connectivity index (χ3n) is 4.60. The molecule has 104 valence electrons. The Bertz CT molecular complexity index is 400. The maximum atomic E-state index is 10.6. The van der Waals surface area contributed by atoms with E-state index >= 15 is 0 Å². The minimum Gasteiger partial charge on any atom is -0.388 e. The second-order valence-electron chi connectivity index (χ2n) is 6.11. The fourth-order valence-electron chi connectivity index (χ4n) is 3.44. The van der Waals surface area contributed by atoms with E-state index in [9.17, 15) is 5.11 Å². The summed E-state index contributed by atoms with van der Waals surface area (Å²) in [5.74, 6) is 0.645. The first-order valence-electron chi connectivity index (χ1n) is 7.46. The van der Waals surface area contributed by atoms with E-state index < -0.39 is 5.60 Å². The molecule has 2 saturated heterocycles. The van der Waals surface area contributed by atoms with Crippen molar-refractivity contribution in [1.82, 2.24) is 10.2 Å². The highest BCUT2D eigenvalue weighted by Crippen LogP contribution is 2.29. The molecule has 3 nitrogen and oxygen atoms in total. The number of likely N-dealkylation sites (tertiary alicyclic amines) is 1.